The van der Waals surface area contributed by atoms with Gasteiger partial charge in [-0.1, -0.05) is 34.6 Å². The van der Waals surface area contributed by atoms with Crippen LogP contribution < -0.4 is 5.32 Å². The Labute approximate surface area is 198 Å². The molecule has 6 heteroatoms. The quantitative estimate of drug-likeness (QED) is 0.688. The topological polar surface area (TPSA) is 75.2 Å². The second-order valence-corrected chi connectivity index (χ2v) is 13.8. The summed E-state index contributed by atoms with van der Waals surface area (Å²) in [7, 11) is 0. The SMILES string of the molecule is CC(C)(C)CC(=O)N1CCc2c(ncnc2NC(=O)CC23CC4CC(C)(CC(C)(C4)C2)C3)C1. The van der Waals surface area contributed by atoms with Crippen LogP contribution in [-0.2, 0) is 22.6 Å². The molecular weight excluding hydrogens is 412 g/mol. The molecule has 0 saturated heterocycles. The molecule has 1 aliphatic heterocycles. The van der Waals surface area contributed by atoms with Crippen molar-refractivity contribution in [2.75, 3.05) is 11.9 Å². The normalized spacial score (nSPS) is 34.8. The number of carbonyl (C=O) groups excluding carboxylic acids is 2. The van der Waals surface area contributed by atoms with Gasteiger partial charge in [0.25, 0.3) is 0 Å². The van der Waals surface area contributed by atoms with E-state index in [2.05, 4.69) is 49.9 Å². The predicted octanol–water partition coefficient (Wildman–Crippen LogP) is 5.12. The van der Waals surface area contributed by atoms with E-state index in [0.29, 0.717) is 49.0 Å². The summed E-state index contributed by atoms with van der Waals surface area (Å²) in [5.74, 6) is 1.69. The molecule has 33 heavy (non-hydrogen) atoms. The van der Waals surface area contributed by atoms with Gasteiger partial charge in [0, 0.05) is 24.9 Å². The van der Waals surface area contributed by atoms with Crippen molar-refractivity contribution >= 4 is 17.6 Å². The lowest BCUT2D eigenvalue weighted by Crippen LogP contribution is -2.55. The van der Waals surface area contributed by atoms with Gasteiger partial charge in [0.05, 0.1) is 12.2 Å². The average molecular weight is 453 g/mol. The van der Waals surface area contributed by atoms with Crippen LogP contribution in [0.15, 0.2) is 6.33 Å². The van der Waals surface area contributed by atoms with Gasteiger partial charge in [0.2, 0.25) is 11.8 Å². The molecule has 0 radical (unpaired) electrons. The van der Waals surface area contributed by atoms with Crippen LogP contribution >= 0.6 is 0 Å². The van der Waals surface area contributed by atoms with Crippen LogP contribution in [0.25, 0.3) is 0 Å². The van der Waals surface area contributed by atoms with Crippen LogP contribution in [0, 0.1) is 27.6 Å². The highest BCUT2D eigenvalue weighted by molar-refractivity contribution is 5.91. The molecule has 0 spiro atoms. The molecule has 4 aliphatic carbocycles. The van der Waals surface area contributed by atoms with E-state index in [-0.39, 0.29) is 22.6 Å². The van der Waals surface area contributed by atoms with Crippen molar-refractivity contribution in [2.24, 2.45) is 27.6 Å². The Hall–Kier alpha value is -1.98. The predicted molar refractivity (Wildman–Crippen MR) is 128 cm³/mol. The third kappa shape index (κ3) is 4.54. The molecule has 1 aromatic heterocycles. The fourth-order valence-electron chi connectivity index (χ4n) is 8.64. The molecule has 4 bridgehead atoms. The van der Waals surface area contributed by atoms with Crippen molar-refractivity contribution in [1.29, 1.82) is 0 Å². The van der Waals surface area contributed by atoms with Gasteiger partial charge in [-0.05, 0) is 72.5 Å². The fraction of sp³-hybridized carbons (Fsp3) is 0.778. The Bertz CT molecular complexity index is 963. The van der Waals surface area contributed by atoms with Crippen molar-refractivity contribution in [3.05, 3.63) is 17.6 Å². The summed E-state index contributed by atoms with van der Waals surface area (Å²) in [5, 5.41) is 3.16. The molecule has 180 valence electrons. The van der Waals surface area contributed by atoms with E-state index < -0.39 is 0 Å². The third-order valence-electron chi connectivity index (χ3n) is 8.58. The number of rotatable bonds is 4. The first-order valence-corrected chi connectivity index (χ1v) is 12.8. The maximum absolute atomic E-state index is 13.3. The molecule has 0 aromatic carbocycles. The van der Waals surface area contributed by atoms with E-state index in [1.54, 1.807) is 0 Å². The number of fused-ring (bicyclic) bond motifs is 1. The monoisotopic (exact) mass is 452 g/mol. The zero-order valence-electron chi connectivity index (χ0n) is 21.1. The van der Waals surface area contributed by atoms with Crippen LogP contribution in [-0.4, -0.2) is 33.2 Å². The molecule has 4 saturated carbocycles. The molecule has 6 rings (SSSR count). The minimum Gasteiger partial charge on any atom is -0.336 e. The Morgan fingerprint density at radius 3 is 2.42 bits per heavy atom. The number of aromatic nitrogens is 2. The van der Waals surface area contributed by atoms with Crippen LogP contribution in [0.1, 0.15) is 97.2 Å². The molecule has 2 amide bonds. The number of amides is 2. The van der Waals surface area contributed by atoms with Crippen LogP contribution in [0.2, 0.25) is 0 Å². The summed E-state index contributed by atoms with van der Waals surface area (Å²) < 4.78 is 0. The van der Waals surface area contributed by atoms with E-state index in [1.807, 2.05) is 4.90 Å². The van der Waals surface area contributed by atoms with E-state index in [0.717, 1.165) is 17.2 Å². The summed E-state index contributed by atoms with van der Waals surface area (Å²) in [4.78, 5) is 36.8. The molecule has 6 nitrogen and oxygen atoms in total. The first kappa shape index (κ1) is 22.8. The molecular formula is C27H40N4O2. The zero-order chi connectivity index (χ0) is 23.6. The van der Waals surface area contributed by atoms with E-state index in [1.165, 1.54) is 44.9 Å². The fourth-order valence-corrected chi connectivity index (χ4v) is 8.64. The largest absolute Gasteiger partial charge is 0.336 e. The average Bonchev–Trinajstić information content (AvgIpc) is 2.63. The number of hydrogen-bond donors (Lipinski definition) is 1. The minimum atomic E-state index is -0.0342. The van der Waals surface area contributed by atoms with Crippen LogP contribution in [0.4, 0.5) is 5.82 Å². The minimum absolute atomic E-state index is 0.0342. The summed E-state index contributed by atoms with van der Waals surface area (Å²) >= 11 is 0. The van der Waals surface area contributed by atoms with Crippen LogP contribution in [0.3, 0.4) is 0 Å². The number of nitrogens with one attached hydrogen (secondary N) is 1. The van der Waals surface area contributed by atoms with Gasteiger partial charge in [-0.3, -0.25) is 9.59 Å². The zero-order valence-corrected chi connectivity index (χ0v) is 21.1. The lowest BCUT2D eigenvalue weighted by molar-refractivity contribution is -0.153. The Kier molecular flexibility index (Phi) is 5.19. The Morgan fingerprint density at radius 2 is 1.79 bits per heavy atom. The maximum atomic E-state index is 13.3. The molecule has 4 fully saturated rings. The lowest BCUT2D eigenvalue weighted by atomic mass is 9.40. The second-order valence-electron chi connectivity index (χ2n) is 13.8. The van der Waals surface area contributed by atoms with E-state index in [9.17, 15) is 9.59 Å². The molecule has 2 heterocycles. The summed E-state index contributed by atoms with van der Waals surface area (Å²) in [5.41, 5.74) is 2.79. The number of carbonyl (C=O) groups is 2. The van der Waals surface area contributed by atoms with Crippen molar-refractivity contribution in [3.63, 3.8) is 0 Å². The highest BCUT2D eigenvalue weighted by atomic mass is 16.2. The summed E-state index contributed by atoms with van der Waals surface area (Å²) in [6.45, 7) is 12.3. The van der Waals surface area contributed by atoms with Crippen molar-refractivity contribution in [2.45, 2.75) is 99.0 Å². The van der Waals surface area contributed by atoms with Gasteiger partial charge in [0.15, 0.2) is 0 Å². The Morgan fingerprint density at radius 1 is 1.09 bits per heavy atom. The van der Waals surface area contributed by atoms with E-state index >= 15 is 0 Å². The second kappa shape index (κ2) is 7.51. The van der Waals surface area contributed by atoms with Gasteiger partial charge in [-0.2, -0.15) is 0 Å². The smallest absolute Gasteiger partial charge is 0.226 e. The van der Waals surface area contributed by atoms with Crippen molar-refractivity contribution in [1.82, 2.24) is 14.9 Å². The standard InChI is InChI=1S/C27H40N4O2/c1-24(2,3)12-22(33)31-7-6-19-20(13-31)28-17-29-23(19)30-21(32)11-27-10-18-8-25(4,15-27)14-26(5,9-18)16-27/h17-18H,6-16H2,1-5H3,(H,28,29,30,32). The molecule has 2 atom stereocenters. The number of hydrogen-bond acceptors (Lipinski definition) is 4. The molecule has 1 aromatic rings. The Balaban J connectivity index is 1.27. The summed E-state index contributed by atoms with van der Waals surface area (Å²) in [6.07, 6.45) is 10.9. The highest BCUT2D eigenvalue weighted by Crippen LogP contribution is 2.70. The van der Waals surface area contributed by atoms with Crippen LogP contribution in [0.5, 0.6) is 0 Å². The third-order valence-corrected chi connectivity index (χ3v) is 8.58. The highest BCUT2D eigenvalue weighted by Gasteiger charge is 2.60. The van der Waals surface area contributed by atoms with Gasteiger partial charge < -0.3 is 10.2 Å². The first-order chi connectivity index (χ1) is 15.4. The van der Waals surface area contributed by atoms with Crippen molar-refractivity contribution < 1.29 is 9.59 Å². The lowest BCUT2D eigenvalue weighted by Gasteiger charge is -2.65. The molecule has 2 unspecified atom stereocenters. The number of nitrogens with zero attached hydrogens (tertiary/aromatic N) is 3. The van der Waals surface area contributed by atoms with Gasteiger partial charge >= 0.3 is 0 Å². The van der Waals surface area contributed by atoms with E-state index in [4.69, 9.17) is 0 Å². The van der Waals surface area contributed by atoms with Gasteiger partial charge in [-0.15, -0.1) is 0 Å². The first-order valence-electron chi connectivity index (χ1n) is 12.8. The molecule has 1 N–H and O–H groups in total. The van der Waals surface area contributed by atoms with Crippen molar-refractivity contribution in [3.8, 4) is 0 Å². The summed E-state index contributed by atoms with van der Waals surface area (Å²) in [6, 6.07) is 0. The van der Waals surface area contributed by atoms with Gasteiger partial charge in [-0.25, -0.2) is 9.97 Å². The van der Waals surface area contributed by atoms with Gasteiger partial charge in [0.1, 0.15) is 12.1 Å². The number of anilines is 1. The maximum Gasteiger partial charge on any atom is 0.226 e. The molecule has 5 aliphatic rings.